The molecule has 0 saturated carbocycles. The molecule has 0 bridgehead atoms. The molecular formula is C15H13NO5. The fraction of sp³-hybridized carbons (Fsp3) is 0.0667. The smallest absolute Gasteiger partial charge is 0.371 e. The van der Waals surface area contributed by atoms with Crippen LogP contribution in [0, 0.1) is 0 Å². The second-order valence-electron chi connectivity index (χ2n) is 4.21. The summed E-state index contributed by atoms with van der Waals surface area (Å²) in [5, 5.41) is 20.4. The molecule has 2 rings (SSSR count). The first-order valence-corrected chi connectivity index (χ1v) is 6.11. The molecule has 0 saturated heterocycles. The van der Waals surface area contributed by atoms with Crippen molar-refractivity contribution in [3.8, 4) is 5.75 Å². The lowest BCUT2D eigenvalue weighted by Gasteiger charge is -1.99. The Morgan fingerprint density at radius 2 is 1.86 bits per heavy atom. The van der Waals surface area contributed by atoms with E-state index in [9.17, 15) is 9.59 Å². The van der Waals surface area contributed by atoms with Crippen LogP contribution in [0.3, 0.4) is 0 Å². The Morgan fingerprint density at radius 3 is 2.48 bits per heavy atom. The Balaban J connectivity index is 1.86. The highest BCUT2D eigenvalue weighted by Gasteiger charge is 2.08. The van der Waals surface area contributed by atoms with E-state index in [1.807, 2.05) is 0 Å². The highest BCUT2D eigenvalue weighted by molar-refractivity contribution is 5.91. The second-order valence-corrected chi connectivity index (χ2v) is 4.21. The van der Waals surface area contributed by atoms with Crippen molar-refractivity contribution in [2.45, 2.75) is 6.54 Å². The van der Waals surface area contributed by atoms with Crippen LogP contribution in [0.4, 0.5) is 0 Å². The Hall–Kier alpha value is -3.02. The number of carbonyl (C=O) groups is 2. The monoisotopic (exact) mass is 287 g/mol. The van der Waals surface area contributed by atoms with Gasteiger partial charge in [-0.1, -0.05) is 12.1 Å². The van der Waals surface area contributed by atoms with Gasteiger partial charge in [-0.25, -0.2) is 4.79 Å². The molecule has 0 atom stereocenters. The fourth-order valence-corrected chi connectivity index (χ4v) is 1.58. The first kappa shape index (κ1) is 14.4. The average molecular weight is 287 g/mol. The van der Waals surface area contributed by atoms with Crippen LogP contribution in [0.15, 0.2) is 46.9 Å². The highest BCUT2D eigenvalue weighted by Crippen LogP contribution is 2.11. The summed E-state index contributed by atoms with van der Waals surface area (Å²) in [6.45, 7) is 0.103. The minimum atomic E-state index is -1.15. The zero-order valence-corrected chi connectivity index (χ0v) is 10.9. The Labute approximate surface area is 120 Å². The van der Waals surface area contributed by atoms with E-state index in [0.717, 1.165) is 5.56 Å². The van der Waals surface area contributed by atoms with Gasteiger partial charge in [-0.15, -0.1) is 0 Å². The molecular weight excluding hydrogens is 274 g/mol. The minimum absolute atomic E-state index is 0.103. The first-order chi connectivity index (χ1) is 10.0. The molecule has 0 aliphatic carbocycles. The maximum atomic E-state index is 11.6. The first-order valence-electron chi connectivity index (χ1n) is 6.11. The van der Waals surface area contributed by atoms with Gasteiger partial charge in [0.05, 0.1) is 6.54 Å². The van der Waals surface area contributed by atoms with Crippen LogP contribution in [-0.2, 0) is 11.3 Å². The van der Waals surface area contributed by atoms with Gasteiger partial charge in [-0.05, 0) is 35.9 Å². The van der Waals surface area contributed by atoms with Gasteiger partial charge in [0, 0.05) is 6.08 Å². The largest absolute Gasteiger partial charge is 0.508 e. The summed E-state index contributed by atoms with van der Waals surface area (Å²) in [7, 11) is 0. The number of nitrogens with one attached hydrogen (secondary N) is 1. The number of hydrogen-bond donors (Lipinski definition) is 3. The van der Waals surface area contributed by atoms with E-state index in [4.69, 9.17) is 14.6 Å². The number of hydrogen-bond acceptors (Lipinski definition) is 4. The number of benzene rings is 1. The Kier molecular flexibility index (Phi) is 4.40. The SMILES string of the molecule is O=C(/C=C/c1ccc(O)cc1)NCc1ccc(C(=O)O)o1. The zero-order chi connectivity index (χ0) is 15.2. The summed E-state index contributed by atoms with van der Waals surface area (Å²) >= 11 is 0. The molecule has 1 amide bonds. The molecule has 0 fully saturated rings. The van der Waals surface area contributed by atoms with Gasteiger partial charge >= 0.3 is 5.97 Å². The van der Waals surface area contributed by atoms with Gasteiger partial charge in [0.15, 0.2) is 0 Å². The number of carbonyl (C=O) groups excluding carboxylic acids is 1. The molecule has 0 radical (unpaired) electrons. The molecule has 6 heteroatoms. The number of furan rings is 1. The van der Waals surface area contributed by atoms with Gasteiger partial charge in [0.2, 0.25) is 11.7 Å². The lowest BCUT2D eigenvalue weighted by Crippen LogP contribution is -2.19. The van der Waals surface area contributed by atoms with Gasteiger partial charge in [0.25, 0.3) is 0 Å². The molecule has 108 valence electrons. The third-order valence-electron chi connectivity index (χ3n) is 2.63. The van der Waals surface area contributed by atoms with Gasteiger partial charge < -0.3 is 19.9 Å². The molecule has 0 spiro atoms. The number of aromatic carboxylic acids is 1. The fourth-order valence-electron chi connectivity index (χ4n) is 1.58. The van der Waals surface area contributed by atoms with Crippen LogP contribution in [0.25, 0.3) is 6.08 Å². The third kappa shape index (κ3) is 4.24. The van der Waals surface area contributed by atoms with Crippen LogP contribution in [0.1, 0.15) is 21.9 Å². The van der Waals surface area contributed by atoms with E-state index in [0.29, 0.717) is 5.76 Å². The summed E-state index contributed by atoms with van der Waals surface area (Å²) in [6.07, 6.45) is 2.94. The number of carboxylic acids is 1. The van der Waals surface area contributed by atoms with Gasteiger partial charge in [-0.3, -0.25) is 4.79 Å². The number of carboxylic acid groups (broad SMARTS) is 1. The maximum absolute atomic E-state index is 11.6. The number of amides is 1. The van der Waals surface area contributed by atoms with Crippen molar-refractivity contribution in [2.75, 3.05) is 0 Å². The number of rotatable bonds is 5. The van der Waals surface area contributed by atoms with E-state index in [1.54, 1.807) is 18.2 Å². The van der Waals surface area contributed by atoms with Crippen LogP contribution in [-0.4, -0.2) is 22.1 Å². The quantitative estimate of drug-likeness (QED) is 0.730. The molecule has 6 nitrogen and oxygen atoms in total. The van der Waals surface area contributed by atoms with Crippen molar-refractivity contribution in [3.05, 3.63) is 59.6 Å². The van der Waals surface area contributed by atoms with Crippen LogP contribution >= 0.6 is 0 Å². The van der Waals surface area contributed by atoms with Crippen molar-refractivity contribution >= 4 is 18.0 Å². The molecule has 1 heterocycles. The van der Waals surface area contributed by atoms with Crippen molar-refractivity contribution in [1.82, 2.24) is 5.32 Å². The standard InChI is InChI=1S/C15H13NO5/c17-11-4-1-10(2-5-11)3-8-14(18)16-9-12-6-7-13(21-12)15(19)20/h1-8,17H,9H2,(H,16,18)(H,19,20)/b8-3+. The number of phenolic OH excluding ortho intramolecular Hbond substituents is 1. The summed E-state index contributed by atoms with van der Waals surface area (Å²) in [5.41, 5.74) is 0.772. The normalized spacial score (nSPS) is 10.7. The number of phenols is 1. The molecule has 1 aromatic carbocycles. The molecule has 1 aromatic heterocycles. The van der Waals surface area contributed by atoms with Crippen LogP contribution in [0.2, 0.25) is 0 Å². The zero-order valence-electron chi connectivity index (χ0n) is 10.9. The summed E-state index contributed by atoms with van der Waals surface area (Å²) < 4.78 is 5.01. The Bertz CT molecular complexity index is 670. The van der Waals surface area contributed by atoms with Crippen LogP contribution in [0.5, 0.6) is 5.75 Å². The van der Waals surface area contributed by atoms with Gasteiger partial charge in [0.1, 0.15) is 11.5 Å². The molecule has 21 heavy (non-hydrogen) atoms. The summed E-state index contributed by atoms with van der Waals surface area (Å²) in [4.78, 5) is 22.2. The van der Waals surface area contributed by atoms with E-state index < -0.39 is 5.97 Å². The van der Waals surface area contributed by atoms with Gasteiger partial charge in [-0.2, -0.15) is 0 Å². The van der Waals surface area contributed by atoms with E-state index in [-0.39, 0.29) is 24.0 Å². The average Bonchev–Trinajstić information content (AvgIpc) is 2.93. The minimum Gasteiger partial charge on any atom is -0.508 e. The molecule has 3 N–H and O–H groups in total. The topological polar surface area (TPSA) is 99.8 Å². The van der Waals surface area contributed by atoms with E-state index >= 15 is 0 Å². The van der Waals surface area contributed by atoms with Crippen molar-refractivity contribution < 1.29 is 24.2 Å². The van der Waals surface area contributed by atoms with Crippen molar-refractivity contribution in [2.24, 2.45) is 0 Å². The van der Waals surface area contributed by atoms with E-state index in [2.05, 4.69) is 5.32 Å². The molecule has 2 aromatic rings. The second kappa shape index (κ2) is 6.42. The molecule has 0 unspecified atom stereocenters. The number of aromatic hydroxyl groups is 1. The Morgan fingerprint density at radius 1 is 1.14 bits per heavy atom. The third-order valence-corrected chi connectivity index (χ3v) is 2.63. The maximum Gasteiger partial charge on any atom is 0.371 e. The predicted molar refractivity (Wildman–Crippen MR) is 74.7 cm³/mol. The van der Waals surface area contributed by atoms with E-state index in [1.165, 1.54) is 30.3 Å². The summed E-state index contributed by atoms with van der Waals surface area (Å²) in [5.74, 6) is -1.14. The predicted octanol–water partition coefficient (Wildman–Crippen LogP) is 2.01. The molecule has 0 aliphatic heterocycles. The van der Waals surface area contributed by atoms with Crippen LogP contribution < -0.4 is 5.32 Å². The van der Waals surface area contributed by atoms with Crippen molar-refractivity contribution in [1.29, 1.82) is 0 Å². The highest BCUT2D eigenvalue weighted by atomic mass is 16.4. The summed E-state index contributed by atoms with van der Waals surface area (Å²) in [6, 6.07) is 9.21. The molecule has 0 aliphatic rings. The lowest BCUT2D eigenvalue weighted by molar-refractivity contribution is -0.116. The van der Waals surface area contributed by atoms with Crippen molar-refractivity contribution in [3.63, 3.8) is 0 Å². The lowest BCUT2D eigenvalue weighted by atomic mass is 10.2.